The molecule has 0 rings (SSSR count). The van der Waals surface area contributed by atoms with E-state index in [0.717, 1.165) is 32.1 Å². The lowest BCUT2D eigenvalue weighted by Gasteiger charge is -2.20. The SMILES string of the molecule is CCC/C=C/CCCCCC(=O)N(CCO)CCO. The fourth-order valence-corrected chi connectivity index (χ4v) is 1.88. The fourth-order valence-electron chi connectivity index (χ4n) is 1.88. The molecular weight excluding hydrogens is 242 g/mol. The average Bonchev–Trinajstić information content (AvgIpc) is 2.41. The van der Waals surface area contributed by atoms with Crippen LogP contribution in [0.5, 0.6) is 0 Å². The second kappa shape index (κ2) is 13.6. The van der Waals surface area contributed by atoms with Crippen LogP contribution in [0, 0.1) is 0 Å². The molecule has 0 saturated carbocycles. The Morgan fingerprint density at radius 1 is 1.00 bits per heavy atom. The van der Waals surface area contributed by atoms with Gasteiger partial charge in [0.2, 0.25) is 5.91 Å². The highest BCUT2D eigenvalue weighted by molar-refractivity contribution is 5.76. The largest absolute Gasteiger partial charge is 0.395 e. The molecule has 0 spiro atoms. The maximum atomic E-state index is 11.8. The zero-order chi connectivity index (χ0) is 14.3. The molecule has 0 aliphatic heterocycles. The summed E-state index contributed by atoms with van der Waals surface area (Å²) in [4.78, 5) is 13.3. The van der Waals surface area contributed by atoms with E-state index in [1.54, 1.807) is 0 Å². The lowest BCUT2D eigenvalue weighted by molar-refractivity contribution is -0.132. The summed E-state index contributed by atoms with van der Waals surface area (Å²) in [7, 11) is 0. The van der Waals surface area contributed by atoms with Crippen molar-refractivity contribution in [1.29, 1.82) is 0 Å². The van der Waals surface area contributed by atoms with Crippen LogP contribution in [0.15, 0.2) is 12.2 Å². The van der Waals surface area contributed by atoms with Gasteiger partial charge in [-0.3, -0.25) is 4.79 Å². The maximum absolute atomic E-state index is 11.8. The van der Waals surface area contributed by atoms with Gasteiger partial charge in [0.15, 0.2) is 0 Å². The molecule has 112 valence electrons. The van der Waals surface area contributed by atoms with Crippen molar-refractivity contribution in [3.63, 3.8) is 0 Å². The molecule has 0 aromatic carbocycles. The number of hydrogen-bond donors (Lipinski definition) is 2. The molecule has 0 radical (unpaired) electrons. The summed E-state index contributed by atoms with van der Waals surface area (Å²) in [5.41, 5.74) is 0. The Labute approximate surface area is 117 Å². The number of carbonyl (C=O) groups excluding carboxylic acids is 1. The summed E-state index contributed by atoms with van der Waals surface area (Å²) in [6, 6.07) is 0. The van der Waals surface area contributed by atoms with Crippen molar-refractivity contribution in [1.82, 2.24) is 4.90 Å². The molecule has 4 heteroatoms. The number of aliphatic hydroxyl groups excluding tert-OH is 2. The van der Waals surface area contributed by atoms with Crippen LogP contribution in [0.3, 0.4) is 0 Å². The molecular formula is C15H29NO3. The molecule has 1 amide bonds. The van der Waals surface area contributed by atoms with Gasteiger partial charge >= 0.3 is 0 Å². The summed E-state index contributed by atoms with van der Waals surface area (Å²) in [6.45, 7) is 2.71. The average molecular weight is 271 g/mol. The van der Waals surface area contributed by atoms with Gasteiger partial charge in [0.05, 0.1) is 13.2 Å². The van der Waals surface area contributed by atoms with E-state index in [4.69, 9.17) is 10.2 Å². The highest BCUT2D eigenvalue weighted by Crippen LogP contribution is 2.06. The molecule has 0 heterocycles. The van der Waals surface area contributed by atoms with Gasteiger partial charge in [-0.1, -0.05) is 31.9 Å². The van der Waals surface area contributed by atoms with E-state index in [1.807, 2.05) is 0 Å². The minimum Gasteiger partial charge on any atom is -0.395 e. The number of aliphatic hydroxyl groups is 2. The van der Waals surface area contributed by atoms with Crippen molar-refractivity contribution in [2.75, 3.05) is 26.3 Å². The van der Waals surface area contributed by atoms with Crippen LogP contribution in [-0.4, -0.2) is 47.3 Å². The van der Waals surface area contributed by atoms with Gasteiger partial charge in [0.25, 0.3) is 0 Å². The standard InChI is InChI=1S/C15H29NO3/c1-2-3-4-5-6-7-8-9-10-15(19)16(11-13-17)12-14-18/h4-5,17-18H,2-3,6-14H2,1H3/b5-4+. The molecule has 0 bridgehead atoms. The monoisotopic (exact) mass is 271 g/mol. The van der Waals surface area contributed by atoms with E-state index in [9.17, 15) is 4.79 Å². The molecule has 0 aromatic rings. The second-order valence-corrected chi connectivity index (χ2v) is 4.69. The van der Waals surface area contributed by atoms with Crippen molar-refractivity contribution < 1.29 is 15.0 Å². The molecule has 0 aromatic heterocycles. The van der Waals surface area contributed by atoms with Crippen molar-refractivity contribution in [2.24, 2.45) is 0 Å². The smallest absolute Gasteiger partial charge is 0.222 e. The van der Waals surface area contributed by atoms with Crippen molar-refractivity contribution in [2.45, 2.75) is 51.9 Å². The number of rotatable bonds is 12. The third kappa shape index (κ3) is 10.7. The van der Waals surface area contributed by atoms with Gasteiger partial charge in [-0.15, -0.1) is 0 Å². The fraction of sp³-hybridized carbons (Fsp3) is 0.800. The summed E-state index contributed by atoms with van der Waals surface area (Å²) in [6.07, 6.45) is 11.4. The third-order valence-corrected chi connectivity index (χ3v) is 2.98. The van der Waals surface area contributed by atoms with E-state index < -0.39 is 0 Å². The lowest BCUT2D eigenvalue weighted by atomic mass is 10.1. The molecule has 0 fully saturated rings. The Hall–Kier alpha value is -0.870. The quantitative estimate of drug-likeness (QED) is 0.422. The Morgan fingerprint density at radius 2 is 1.63 bits per heavy atom. The van der Waals surface area contributed by atoms with E-state index in [2.05, 4.69) is 19.1 Å². The van der Waals surface area contributed by atoms with Gasteiger partial charge in [-0.2, -0.15) is 0 Å². The Bertz CT molecular complexity index is 236. The number of amides is 1. The van der Waals surface area contributed by atoms with Crippen LogP contribution in [-0.2, 0) is 4.79 Å². The molecule has 2 N–H and O–H groups in total. The van der Waals surface area contributed by atoms with E-state index in [-0.39, 0.29) is 19.1 Å². The van der Waals surface area contributed by atoms with Gasteiger partial charge < -0.3 is 15.1 Å². The van der Waals surface area contributed by atoms with Gasteiger partial charge in [0.1, 0.15) is 0 Å². The number of allylic oxidation sites excluding steroid dienone is 2. The first-order valence-corrected chi connectivity index (χ1v) is 7.40. The molecule has 19 heavy (non-hydrogen) atoms. The van der Waals surface area contributed by atoms with E-state index in [0.29, 0.717) is 19.5 Å². The third-order valence-electron chi connectivity index (χ3n) is 2.98. The number of unbranched alkanes of at least 4 members (excludes halogenated alkanes) is 4. The molecule has 4 nitrogen and oxygen atoms in total. The Balaban J connectivity index is 3.60. The molecule has 0 unspecified atom stereocenters. The van der Waals surface area contributed by atoms with Crippen molar-refractivity contribution in [3.05, 3.63) is 12.2 Å². The zero-order valence-electron chi connectivity index (χ0n) is 12.2. The van der Waals surface area contributed by atoms with Gasteiger partial charge in [0, 0.05) is 19.5 Å². The minimum atomic E-state index is -0.0477. The summed E-state index contributed by atoms with van der Waals surface area (Å²) >= 11 is 0. The molecule has 0 saturated heterocycles. The first-order chi connectivity index (χ1) is 9.26. The predicted molar refractivity (Wildman–Crippen MR) is 77.9 cm³/mol. The van der Waals surface area contributed by atoms with Crippen LogP contribution in [0.4, 0.5) is 0 Å². The van der Waals surface area contributed by atoms with Crippen LogP contribution in [0.2, 0.25) is 0 Å². The first-order valence-electron chi connectivity index (χ1n) is 7.40. The second-order valence-electron chi connectivity index (χ2n) is 4.69. The number of nitrogens with zero attached hydrogens (tertiary/aromatic N) is 1. The maximum Gasteiger partial charge on any atom is 0.222 e. The number of carbonyl (C=O) groups is 1. The van der Waals surface area contributed by atoms with Crippen LogP contribution in [0.25, 0.3) is 0 Å². The van der Waals surface area contributed by atoms with Crippen molar-refractivity contribution in [3.8, 4) is 0 Å². The lowest BCUT2D eigenvalue weighted by Crippen LogP contribution is -2.35. The van der Waals surface area contributed by atoms with Crippen molar-refractivity contribution >= 4 is 5.91 Å². The highest BCUT2D eigenvalue weighted by Gasteiger charge is 2.11. The van der Waals surface area contributed by atoms with Gasteiger partial charge in [-0.25, -0.2) is 0 Å². The van der Waals surface area contributed by atoms with E-state index >= 15 is 0 Å². The molecule has 0 atom stereocenters. The topological polar surface area (TPSA) is 60.8 Å². The summed E-state index contributed by atoms with van der Waals surface area (Å²) in [5, 5.41) is 17.7. The Kier molecular flexibility index (Phi) is 12.9. The van der Waals surface area contributed by atoms with Crippen LogP contribution < -0.4 is 0 Å². The van der Waals surface area contributed by atoms with Crippen LogP contribution in [0.1, 0.15) is 51.9 Å². The minimum absolute atomic E-state index is 0.0321. The highest BCUT2D eigenvalue weighted by atomic mass is 16.3. The summed E-state index contributed by atoms with van der Waals surface area (Å²) in [5.74, 6) is 0.0321. The Morgan fingerprint density at radius 3 is 2.21 bits per heavy atom. The number of hydrogen-bond acceptors (Lipinski definition) is 3. The van der Waals surface area contributed by atoms with E-state index in [1.165, 1.54) is 11.3 Å². The van der Waals surface area contributed by atoms with Crippen LogP contribution >= 0.6 is 0 Å². The summed E-state index contributed by atoms with van der Waals surface area (Å²) < 4.78 is 0. The molecule has 0 aliphatic carbocycles. The molecule has 0 aliphatic rings. The van der Waals surface area contributed by atoms with Gasteiger partial charge in [-0.05, 0) is 25.7 Å². The normalized spacial score (nSPS) is 11.1. The zero-order valence-corrected chi connectivity index (χ0v) is 12.2. The first kappa shape index (κ1) is 18.1. The predicted octanol–water partition coefficient (Wildman–Crippen LogP) is 2.11.